The zero-order valence-electron chi connectivity index (χ0n) is 16.9. The number of alkyl halides is 3. The molecule has 32 heavy (non-hydrogen) atoms. The molecule has 0 saturated carbocycles. The predicted octanol–water partition coefficient (Wildman–Crippen LogP) is 3.30. The number of aliphatic hydroxyl groups excluding tert-OH is 1. The summed E-state index contributed by atoms with van der Waals surface area (Å²) in [5.41, 5.74) is 0.722. The van der Waals surface area contributed by atoms with Crippen LogP contribution in [0.4, 0.5) is 18.9 Å². The Labute approximate surface area is 182 Å². The van der Waals surface area contributed by atoms with Gasteiger partial charge in [0.2, 0.25) is 10.0 Å². The highest BCUT2D eigenvalue weighted by Gasteiger charge is 2.35. The molecule has 7 nitrogen and oxygen atoms in total. The number of aromatic nitrogens is 2. The predicted molar refractivity (Wildman–Crippen MR) is 113 cm³/mol. The van der Waals surface area contributed by atoms with Crippen LogP contribution in [-0.2, 0) is 22.8 Å². The molecule has 0 atom stereocenters. The van der Waals surface area contributed by atoms with Crippen LogP contribution >= 0.6 is 0 Å². The number of aliphatic hydroxyl groups is 1. The van der Waals surface area contributed by atoms with Crippen LogP contribution in [0, 0.1) is 0 Å². The smallest absolute Gasteiger partial charge is 0.392 e. The molecule has 1 aliphatic heterocycles. The number of rotatable bonds is 5. The quantitative estimate of drug-likeness (QED) is 0.601. The van der Waals surface area contributed by atoms with Gasteiger partial charge >= 0.3 is 6.18 Å². The molecule has 1 fully saturated rings. The third kappa shape index (κ3) is 4.36. The fraction of sp³-hybridized carbons (Fsp3) is 0.286. The van der Waals surface area contributed by atoms with Gasteiger partial charge < -0.3 is 10.0 Å². The molecule has 3 N–H and O–H groups in total. The van der Waals surface area contributed by atoms with Gasteiger partial charge in [0.1, 0.15) is 0 Å². The van der Waals surface area contributed by atoms with Crippen LogP contribution in [0.15, 0.2) is 53.4 Å². The monoisotopic (exact) mass is 466 g/mol. The van der Waals surface area contributed by atoms with Crippen molar-refractivity contribution in [3.8, 4) is 16.9 Å². The highest BCUT2D eigenvalue weighted by Crippen LogP contribution is 2.34. The van der Waals surface area contributed by atoms with Crippen molar-refractivity contribution in [1.29, 1.82) is 0 Å². The van der Waals surface area contributed by atoms with E-state index in [-0.39, 0.29) is 21.8 Å². The van der Waals surface area contributed by atoms with E-state index in [1.807, 2.05) is 12.1 Å². The van der Waals surface area contributed by atoms with Crippen LogP contribution in [0.2, 0.25) is 0 Å². The normalized spacial score (nSPS) is 14.8. The summed E-state index contributed by atoms with van der Waals surface area (Å²) in [6.07, 6.45) is -2.47. The Kier molecular flexibility index (Phi) is 5.74. The first-order chi connectivity index (χ1) is 15.1. The first-order valence-electron chi connectivity index (χ1n) is 9.87. The van der Waals surface area contributed by atoms with E-state index in [0.29, 0.717) is 5.56 Å². The number of primary sulfonamides is 1. The Balaban J connectivity index is 1.81. The van der Waals surface area contributed by atoms with Crippen LogP contribution in [0.1, 0.15) is 24.1 Å². The lowest BCUT2D eigenvalue weighted by molar-refractivity contribution is -0.141. The standard InChI is InChI=1S/C21H21F3N4O3S/c22-21(23,24)20-12-18(14-3-5-16(6-4-14)27-9-1-2-10-27)28(26-20)17-7-8-19(32(25,30)31)15(11-17)13-29/h3-8,11-12,29H,1-2,9-10,13H2,(H2,25,30,31). The Morgan fingerprint density at radius 3 is 2.19 bits per heavy atom. The molecular formula is C21H21F3N4O3S. The molecule has 170 valence electrons. The van der Waals surface area contributed by atoms with Gasteiger partial charge in [-0.15, -0.1) is 0 Å². The molecule has 0 bridgehead atoms. The second kappa shape index (κ2) is 8.23. The van der Waals surface area contributed by atoms with Gasteiger partial charge in [-0.3, -0.25) is 0 Å². The molecule has 3 aromatic rings. The van der Waals surface area contributed by atoms with Gasteiger partial charge in [0, 0.05) is 24.3 Å². The van der Waals surface area contributed by atoms with Crippen LogP contribution in [0.5, 0.6) is 0 Å². The van der Waals surface area contributed by atoms with E-state index in [1.54, 1.807) is 12.1 Å². The summed E-state index contributed by atoms with van der Waals surface area (Å²) in [5, 5.41) is 18.4. The number of benzene rings is 2. The maximum atomic E-state index is 13.4. The van der Waals surface area contributed by atoms with Gasteiger partial charge in [0.05, 0.1) is 22.9 Å². The van der Waals surface area contributed by atoms with Crippen molar-refractivity contribution < 1.29 is 26.7 Å². The van der Waals surface area contributed by atoms with Gasteiger partial charge in [-0.2, -0.15) is 18.3 Å². The largest absolute Gasteiger partial charge is 0.435 e. The molecule has 1 aliphatic rings. The first-order valence-corrected chi connectivity index (χ1v) is 11.4. The minimum atomic E-state index is -4.67. The molecule has 0 radical (unpaired) electrons. The van der Waals surface area contributed by atoms with Crippen molar-refractivity contribution in [2.45, 2.75) is 30.5 Å². The third-order valence-corrected chi connectivity index (χ3v) is 6.41. The molecule has 2 heterocycles. The minimum Gasteiger partial charge on any atom is -0.392 e. The van der Waals surface area contributed by atoms with E-state index in [4.69, 9.17) is 5.14 Å². The van der Waals surface area contributed by atoms with Crippen molar-refractivity contribution in [3.05, 3.63) is 59.8 Å². The summed E-state index contributed by atoms with van der Waals surface area (Å²) in [7, 11) is -4.11. The fourth-order valence-corrected chi connectivity index (χ4v) is 4.59. The number of sulfonamides is 1. The SMILES string of the molecule is NS(=O)(=O)c1ccc(-n2nc(C(F)(F)F)cc2-c2ccc(N3CCCC3)cc2)cc1CO. The summed E-state index contributed by atoms with van der Waals surface area (Å²) in [6.45, 7) is 1.22. The van der Waals surface area contributed by atoms with Crippen LogP contribution in [-0.4, -0.2) is 36.4 Å². The molecule has 0 amide bonds. The van der Waals surface area contributed by atoms with Crippen molar-refractivity contribution in [2.24, 2.45) is 5.14 Å². The highest BCUT2D eigenvalue weighted by molar-refractivity contribution is 7.89. The molecule has 1 saturated heterocycles. The number of halogens is 3. The Morgan fingerprint density at radius 1 is 1.00 bits per heavy atom. The summed E-state index contributed by atoms with van der Waals surface area (Å²) in [5.74, 6) is 0. The average Bonchev–Trinajstić information content (AvgIpc) is 3.43. The lowest BCUT2D eigenvalue weighted by atomic mass is 10.1. The van der Waals surface area contributed by atoms with Gasteiger partial charge in [-0.25, -0.2) is 18.2 Å². The van der Waals surface area contributed by atoms with Gasteiger partial charge in [-0.1, -0.05) is 12.1 Å². The lowest BCUT2D eigenvalue weighted by Crippen LogP contribution is -2.17. The Hall–Kier alpha value is -2.89. The average molecular weight is 466 g/mol. The third-order valence-electron chi connectivity index (χ3n) is 5.40. The molecule has 0 unspecified atom stereocenters. The number of anilines is 1. The van der Waals surface area contributed by atoms with Crippen LogP contribution in [0.25, 0.3) is 16.9 Å². The van der Waals surface area contributed by atoms with E-state index >= 15 is 0 Å². The maximum Gasteiger partial charge on any atom is 0.435 e. The Bertz CT molecular complexity index is 1230. The fourth-order valence-electron chi connectivity index (χ4n) is 3.84. The summed E-state index contributed by atoms with van der Waals surface area (Å²) >= 11 is 0. The van der Waals surface area contributed by atoms with E-state index in [1.165, 1.54) is 12.1 Å². The number of nitrogens with two attached hydrogens (primary N) is 1. The first kappa shape index (κ1) is 22.3. The second-order valence-corrected chi connectivity index (χ2v) is 9.09. The van der Waals surface area contributed by atoms with Gasteiger partial charge in [-0.05, 0) is 54.8 Å². The van der Waals surface area contributed by atoms with Crippen molar-refractivity contribution in [2.75, 3.05) is 18.0 Å². The Morgan fingerprint density at radius 2 is 1.62 bits per heavy atom. The van der Waals surface area contributed by atoms with Crippen molar-refractivity contribution in [3.63, 3.8) is 0 Å². The number of hydrogen-bond acceptors (Lipinski definition) is 5. The van der Waals surface area contributed by atoms with Crippen LogP contribution in [0.3, 0.4) is 0 Å². The second-order valence-electron chi connectivity index (χ2n) is 7.56. The minimum absolute atomic E-state index is 0.0376. The molecule has 4 rings (SSSR count). The number of nitrogens with zero attached hydrogens (tertiary/aromatic N) is 3. The van der Waals surface area contributed by atoms with E-state index < -0.39 is 28.5 Å². The van der Waals surface area contributed by atoms with Crippen LogP contribution < -0.4 is 10.0 Å². The van der Waals surface area contributed by atoms with Crippen molar-refractivity contribution >= 4 is 15.7 Å². The molecule has 0 aliphatic carbocycles. The van der Waals surface area contributed by atoms with Gasteiger partial charge in [0.15, 0.2) is 5.69 Å². The van der Waals surface area contributed by atoms with E-state index in [2.05, 4.69) is 10.00 Å². The molecule has 11 heteroatoms. The topological polar surface area (TPSA) is 101 Å². The summed E-state index contributed by atoms with van der Waals surface area (Å²) < 4.78 is 64.8. The van der Waals surface area contributed by atoms with Crippen molar-refractivity contribution in [1.82, 2.24) is 9.78 Å². The van der Waals surface area contributed by atoms with E-state index in [9.17, 15) is 26.7 Å². The summed E-state index contributed by atoms with van der Waals surface area (Å²) in [6, 6.07) is 11.8. The maximum absolute atomic E-state index is 13.4. The lowest BCUT2D eigenvalue weighted by Gasteiger charge is -2.18. The zero-order valence-corrected chi connectivity index (χ0v) is 17.7. The molecule has 1 aromatic heterocycles. The number of hydrogen-bond donors (Lipinski definition) is 2. The highest BCUT2D eigenvalue weighted by atomic mass is 32.2. The molecule has 2 aromatic carbocycles. The zero-order chi connectivity index (χ0) is 23.1. The van der Waals surface area contributed by atoms with E-state index in [0.717, 1.165) is 48.4 Å². The molecule has 0 spiro atoms. The van der Waals surface area contributed by atoms with Gasteiger partial charge in [0.25, 0.3) is 0 Å². The molecular weight excluding hydrogens is 445 g/mol. The summed E-state index contributed by atoms with van der Waals surface area (Å²) in [4.78, 5) is 1.91.